The molecule has 1 aliphatic rings. The fourth-order valence-electron chi connectivity index (χ4n) is 5.47. The van der Waals surface area contributed by atoms with Crippen molar-refractivity contribution in [1.29, 1.82) is 0 Å². The standard InChI is InChI=1S/C33H36N6O5/c1-5-31(41)39-12-10-38(11-13-39)19-25-24-17-22(34-26(24)7-8-27(25)40)16-23-15-20-14-21(6-9-28(20)43-23)35-32(42)36-30-18-29(44-37-30)33(2,3)4/h5-9,14-15,17-18,34,40H,1,10-13,16,19H2,2-4H3,(H2,35,36,37,42). The van der Waals surface area contributed by atoms with Crippen LogP contribution < -0.4 is 10.6 Å². The van der Waals surface area contributed by atoms with E-state index in [1.165, 1.54) is 6.08 Å². The molecule has 4 N–H and O–H groups in total. The number of anilines is 2. The number of hydrogen-bond acceptors (Lipinski definition) is 7. The van der Waals surface area contributed by atoms with E-state index in [1.807, 2.05) is 45.0 Å². The molecule has 6 rings (SSSR count). The Morgan fingerprint density at radius 2 is 1.86 bits per heavy atom. The van der Waals surface area contributed by atoms with Crippen molar-refractivity contribution >= 4 is 45.3 Å². The van der Waals surface area contributed by atoms with Crippen molar-refractivity contribution in [3.05, 3.63) is 84.0 Å². The summed E-state index contributed by atoms with van der Waals surface area (Å²) in [5, 5.41) is 22.0. The van der Waals surface area contributed by atoms with Crippen molar-refractivity contribution in [3.63, 3.8) is 0 Å². The maximum atomic E-state index is 12.6. The first-order valence-electron chi connectivity index (χ1n) is 14.6. The van der Waals surface area contributed by atoms with Gasteiger partial charge in [-0.1, -0.05) is 32.5 Å². The van der Waals surface area contributed by atoms with Gasteiger partial charge in [0.2, 0.25) is 5.91 Å². The molecule has 0 bridgehead atoms. The molecule has 0 spiro atoms. The molecule has 0 unspecified atom stereocenters. The molecule has 0 atom stereocenters. The molecular formula is C33H36N6O5. The van der Waals surface area contributed by atoms with Crippen molar-refractivity contribution < 1.29 is 23.6 Å². The SMILES string of the molecule is C=CC(=O)N1CCN(Cc2c(O)ccc3[nH]c(Cc4cc5cc(NC(=O)Nc6cc(C(C)(C)C)on6)ccc5o4)cc23)CC1. The summed E-state index contributed by atoms with van der Waals surface area (Å²) in [6.07, 6.45) is 1.88. The van der Waals surface area contributed by atoms with Gasteiger partial charge in [0.15, 0.2) is 5.82 Å². The van der Waals surface area contributed by atoms with Gasteiger partial charge in [-0.05, 0) is 48.5 Å². The Labute approximate surface area is 254 Å². The van der Waals surface area contributed by atoms with Crippen LogP contribution in [0.25, 0.3) is 21.9 Å². The van der Waals surface area contributed by atoms with Crippen LogP contribution in [0.4, 0.5) is 16.3 Å². The highest BCUT2D eigenvalue weighted by molar-refractivity contribution is 6.00. The highest BCUT2D eigenvalue weighted by atomic mass is 16.5. The summed E-state index contributed by atoms with van der Waals surface area (Å²) in [6.45, 7) is 12.9. The fraction of sp³-hybridized carbons (Fsp3) is 0.303. The normalized spacial score (nSPS) is 14.3. The Morgan fingerprint density at radius 3 is 2.59 bits per heavy atom. The van der Waals surface area contributed by atoms with Crippen molar-refractivity contribution in [1.82, 2.24) is 19.9 Å². The Morgan fingerprint density at radius 1 is 1.07 bits per heavy atom. The number of fused-ring (bicyclic) bond motifs is 2. The lowest BCUT2D eigenvalue weighted by Gasteiger charge is -2.34. The van der Waals surface area contributed by atoms with Crippen LogP contribution in [0, 0.1) is 0 Å². The van der Waals surface area contributed by atoms with Gasteiger partial charge in [0.1, 0.15) is 22.9 Å². The fourth-order valence-corrected chi connectivity index (χ4v) is 5.47. The van der Waals surface area contributed by atoms with Gasteiger partial charge in [-0.25, -0.2) is 4.79 Å². The van der Waals surface area contributed by atoms with Gasteiger partial charge in [-0.3, -0.25) is 15.0 Å². The van der Waals surface area contributed by atoms with E-state index in [0.29, 0.717) is 48.9 Å². The smallest absolute Gasteiger partial charge is 0.324 e. The third kappa shape index (κ3) is 6.18. The maximum Gasteiger partial charge on any atom is 0.324 e. The topological polar surface area (TPSA) is 140 Å². The second kappa shape index (κ2) is 11.6. The van der Waals surface area contributed by atoms with E-state index < -0.39 is 6.03 Å². The second-order valence-electron chi connectivity index (χ2n) is 12.2. The van der Waals surface area contributed by atoms with E-state index in [2.05, 4.69) is 38.3 Å². The van der Waals surface area contributed by atoms with Crippen LogP contribution in [-0.2, 0) is 23.2 Å². The lowest BCUT2D eigenvalue weighted by molar-refractivity contribution is -0.127. The van der Waals surface area contributed by atoms with Gasteiger partial charge in [-0.2, -0.15) is 0 Å². The average molecular weight is 597 g/mol. The zero-order valence-corrected chi connectivity index (χ0v) is 25.1. The van der Waals surface area contributed by atoms with Gasteiger partial charge in [0.25, 0.3) is 0 Å². The zero-order chi connectivity index (χ0) is 31.0. The summed E-state index contributed by atoms with van der Waals surface area (Å²) in [6, 6.07) is 14.4. The number of phenols is 1. The molecular weight excluding hydrogens is 560 g/mol. The first-order chi connectivity index (χ1) is 21.1. The summed E-state index contributed by atoms with van der Waals surface area (Å²) in [7, 11) is 0. The van der Waals surface area contributed by atoms with E-state index in [-0.39, 0.29) is 17.1 Å². The predicted octanol–water partition coefficient (Wildman–Crippen LogP) is 5.97. The molecule has 11 heteroatoms. The molecule has 2 aromatic carbocycles. The average Bonchev–Trinajstić information content (AvgIpc) is 3.72. The van der Waals surface area contributed by atoms with Crippen molar-refractivity contribution in [2.75, 3.05) is 36.8 Å². The molecule has 1 aliphatic heterocycles. The second-order valence-corrected chi connectivity index (χ2v) is 12.2. The third-order valence-electron chi connectivity index (χ3n) is 7.87. The van der Waals surface area contributed by atoms with E-state index in [4.69, 9.17) is 8.94 Å². The Kier molecular flexibility index (Phi) is 7.64. The minimum Gasteiger partial charge on any atom is -0.508 e. The molecule has 1 saturated heterocycles. The molecule has 0 aliphatic carbocycles. The summed E-state index contributed by atoms with van der Waals surface area (Å²) in [5.41, 5.74) is 3.85. The number of hydrogen-bond donors (Lipinski definition) is 4. The molecule has 11 nitrogen and oxygen atoms in total. The predicted molar refractivity (Wildman–Crippen MR) is 169 cm³/mol. The number of carbonyl (C=O) groups is 2. The number of aromatic hydroxyl groups is 1. The molecule has 0 radical (unpaired) electrons. The van der Waals surface area contributed by atoms with Crippen molar-refractivity contribution in [2.45, 2.75) is 39.2 Å². The minimum atomic E-state index is -0.425. The molecule has 4 heterocycles. The van der Waals surface area contributed by atoms with E-state index >= 15 is 0 Å². The van der Waals surface area contributed by atoms with Gasteiger partial charge < -0.3 is 29.2 Å². The molecule has 3 aromatic heterocycles. The summed E-state index contributed by atoms with van der Waals surface area (Å²) in [5.74, 6) is 1.99. The van der Waals surface area contributed by atoms with Crippen molar-refractivity contribution in [2.24, 2.45) is 0 Å². The summed E-state index contributed by atoms with van der Waals surface area (Å²) >= 11 is 0. The minimum absolute atomic E-state index is 0.0499. The van der Waals surface area contributed by atoms with E-state index in [9.17, 15) is 14.7 Å². The first-order valence-corrected chi connectivity index (χ1v) is 14.6. The number of aromatic nitrogens is 2. The molecule has 3 amide bonds. The molecule has 5 aromatic rings. The van der Waals surface area contributed by atoms with Crippen LogP contribution in [0.1, 0.15) is 43.5 Å². The number of furan rings is 1. The first kappa shape index (κ1) is 29.1. The van der Waals surface area contributed by atoms with Gasteiger partial charge in [0, 0.05) is 83.9 Å². The van der Waals surface area contributed by atoms with Gasteiger partial charge >= 0.3 is 6.03 Å². The number of amides is 3. The Bertz CT molecular complexity index is 1850. The zero-order valence-electron chi connectivity index (χ0n) is 25.1. The molecule has 44 heavy (non-hydrogen) atoms. The van der Waals surface area contributed by atoms with Crippen LogP contribution in [0.15, 0.2) is 70.1 Å². The number of phenolic OH excluding ortho intramolecular Hbond substituents is 1. The van der Waals surface area contributed by atoms with Crippen LogP contribution in [-0.4, -0.2) is 63.2 Å². The quantitative estimate of drug-likeness (QED) is 0.170. The number of aromatic amines is 1. The number of urea groups is 1. The summed E-state index contributed by atoms with van der Waals surface area (Å²) in [4.78, 5) is 32.0. The van der Waals surface area contributed by atoms with E-state index in [0.717, 1.165) is 46.4 Å². The molecule has 0 saturated carbocycles. The van der Waals surface area contributed by atoms with Crippen molar-refractivity contribution in [3.8, 4) is 5.75 Å². The Hall–Kier alpha value is -5.03. The van der Waals surface area contributed by atoms with Crippen LogP contribution in [0.3, 0.4) is 0 Å². The van der Waals surface area contributed by atoms with E-state index in [1.54, 1.807) is 23.1 Å². The number of H-pyrrole nitrogens is 1. The molecule has 1 fully saturated rings. The number of nitrogens with zero attached hydrogens (tertiary/aromatic N) is 3. The summed E-state index contributed by atoms with van der Waals surface area (Å²) < 4.78 is 11.4. The lowest BCUT2D eigenvalue weighted by Crippen LogP contribution is -2.47. The monoisotopic (exact) mass is 596 g/mol. The van der Waals surface area contributed by atoms with Gasteiger partial charge in [0.05, 0.1) is 0 Å². The molecule has 228 valence electrons. The number of rotatable bonds is 7. The van der Waals surface area contributed by atoms with Crippen LogP contribution >= 0.6 is 0 Å². The highest BCUT2D eigenvalue weighted by Crippen LogP contribution is 2.31. The van der Waals surface area contributed by atoms with Crippen LogP contribution in [0.2, 0.25) is 0 Å². The van der Waals surface area contributed by atoms with Crippen LogP contribution in [0.5, 0.6) is 5.75 Å². The highest BCUT2D eigenvalue weighted by Gasteiger charge is 2.22. The largest absolute Gasteiger partial charge is 0.508 e. The Balaban J connectivity index is 1.13. The number of nitrogens with one attached hydrogen (secondary N) is 3. The third-order valence-corrected chi connectivity index (χ3v) is 7.87. The number of piperazine rings is 1. The number of benzene rings is 2. The van der Waals surface area contributed by atoms with Gasteiger partial charge in [-0.15, -0.1) is 0 Å². The maximum absolute atomic E-state index is 12.6. The number of carbonyl (C=O) groups excluding carboxylic acids is 2. The lowest BCUT2D eigenvalue weighted by atomic mass is 9.93.